The molecule has 17 heavy (non-hydrogen) atoms. The molecule has 1 rings (SSSR count). The van der Waals surface area contributed by atoms with Gasteiger partial charge in [0.05, 0.1) is 5.75 Å². The highest BCUT2D eigenvalue weighted by molar-refractivity contribution is 7.89. The van der Waals surface area contributed by atoms with Crippen LogP contribution in [0.15, 0.2) is 0 Å². The van der Waals surface area contributed by atoms with Gasteiger partial charge in [0, 0.05) is 13.6 Å². The molecular weight excluding hydrogens is 236 g/mol. The van der Waals surface area contributed by atoms with Gasteiger partial charge < -0.3 is 5.32 Å². The Morgan fingerprint density at radius 2 is 1.88 bits per heavy atom. The van der Waals surface area contributed by atoms with Crippen molar-refractivity contribution in [3.63, 3.8) is 0 Å². The summed E-state index contributed by atoms with van der Waals surface area (Å²) in [6.07, 6.45) is 2.92. The molecule has 0 radical (unpaired) electrons. The van der Waals surface area contributed by atoms with Gasteiger partial charge in [-0.25, -0.2) is 12.7 Å². The van der Waals surface area contributed by atoms with E-state index in [-0.39, 0.29) is 5.75 Å². The van der Waals surface area contributed by atoms with Gasteiger partial charge in [-0.2, -0.15) is 0 Å². The van der Waals surface area contributed by atoms with Gasteiger partial charge in [0.2, 0.25) is 10.0 Å². The smallest absolute Gasteiger partial charge is 0.213 e. The third-order valence-corrected chi connectivity index (χ3v) is 5.25. The largest absolute Gasteiger partial charge is 0.317 e. The molecule has 0 amide bonds. The predicted molar refractivity (Wildman–Crippen MR) is 71.5 cm³/mol. The van der Waals surface area contributed by atoms with Crippen molar-refractivity contribution in [2.24, 2.45) is 11.8 Å². The van der Waals surface area contributed by atoms with Crippen LogP contribution in [-0.4, -0.2) is 45.2 Å². The van der Waals surface area contributed by atoms with Crippen LogP contribution in [0.25, 0.3) is 0 Å². The first kappa shape index (κ1) is 14.9. The molecule has 1 aliphatic rings. The van der Waals surface area contributed by atoms with E-state index in [1.807, 2.05) is 0 Å². The lowest BCUT2D eigenvalue weighted by molar-refractivity contribution is 0.310. The molecule has 5 heteroatoms. The van der Waals surface area contributed by atoms with Crippen molar-refractivity contribution in [2.45, 2.75) is 33.1 Å². The van der Waals surface area contributed by atoms with E-state index in [1.54, 1.807) is 11.4 Å². The van der Waals surface area contributed by atoms with E-state index in [0.717, 1.165) is 32.4 Å². The second-order valence-corrected chi connectivity index (χ2v) is 7.67. The monoisotopic (exact) mass is 262 g/mol. The third-order valence-electron chi connectivity index (χ3n) is 3.40. The SMILES string of the molecule is CC(C)CCS(=O)(=O)N(C)CC1CCNCC1. The van der Waals surface area contributed by atoms with Crippen LogP contribution in [0.2, 0.25) is 0 Å². The molecule has 4 nitrogen and oxygen atoms in total. The predicted octanol–water partition coefficient (Wildman–Crippen LogP) is 1.29. The Labute approximate surface area is 106 Å². The summed E-state index contributed by atoms with van der Waals surface area (Å²) in [5.74, 6) is 1.25. The van der Waals surface area contributed by atoms with Crippen molar-refractivity contribution >= 4 is 10.0 Å². The molecule has 0 aromatic carbocycles. The van der Waals surface area contributed by atoms with Crippen LogP contribution >= 0.6 is 0 Å². The van der Waals surface area contributed by atoms with Gasteiger partial charge >= 0.3 is 0 Å². The van der Waals surface area contributed by atoms with E-state index < -0.39 is 10.0 Å². The molecule has 1 aliphatic heterocycles. The number of piperidine rings is 1. The zero-order valence-electron chi connectivity index (χ0n) is 11.3. The summed E-state index contributed by atoms with van der Waals surface area (Å²) in [7, 11) is -1.32. The molecule has 0 saturated carbocycles. The molecule has 0 atom stereocenters. The van der Waals surface area contributed by atoms with Crippen molar-refractivity contribution in [3.05, 3.63) is 0 Å². The van der Waals surface area contributed by atoms with Gasteiger partial charge in [0.15, 0.2) is 0 Å². The van der Waals surface area contributed by atoms with Crippen LogP contribution in [-0.2, 0) is 10.0 Å². The molecule has 0 aromatic heterocycles. The molecule has 1 fully saturated rings. The highest BCUT2D eigenvalue weighted by atomic mass is 32.2. The molecule has 0 bridgehead atoms. The average Bonchev–Trinajstić information content (AvgIpc) is 2.28. The summed E-state index contributed by atoms with van der Waals surface area (Å²) in [5.41, 5.74) is 0. The normalized spacial score (nSPS) is 19.1. The minimum absolute atomic E-state index is 0.284. The molecular formula is C12H26N2O2S. The molecule has 1 N–H and O–H groups in total. The lowest BCUT2D eigenvalue weighted by Gasteiger charge is -2.27. The molecule has 0 spiro atoms. The number of sulfonamides is 1. The van der Waals surface area contributed by atoms with E-state index in [4.69, 9.17) is 0 Å². The zero-order chi connectivity index (χ0) is 12.9. The second kappa shape index (κ2) is 6.71. The summed E-state index contributed by atoms with van der Waals surface area (Å²) in [6, 6.07) is 0. The number of rotatable bonds is 6. The lowest BCUT2D eigenvalue weighted by Crippen LogP contribution is -2.38. The molecule has 1 heterocycles. The summed E-state index contributed by atoms with van der Waals surface area (Å²) in [6.45, 7) is 6.84. The van der Waals surface area contributed by atoms with Crippen LogP contribution in [0.4, 0.5) is 0 Å². The number of hydrogen-bond donors (Lipinski definition) is 1. The maximum Gasteiger partial charge on any atom is 0.213 e. The van der Waals surface area contributed by atoms with Crippen LogP contribution in [0.3, 0.4) is 0 Å². The minimum Gasteiger partial charge on any atom is -0.317 e. The summed E-state index contributed by atoms with van der Waals surface area (Å²) in [5, 5.41) is 3.30. The average molecular weight is 262 g/mol. The van der Waals surface area contributed by atoms with E-state index in [9.17, 15) is 8.42 Å². The molecule has 102 valence electrons. The van der Waals surface area contributed by atoms with Gasteiger partial charge in [-0.3, -0.25) is 0 Å². The van der Waals surface area contributed by atoms with Gasteiger partial charge in [0.1, 0.15) is 0 Å². The maximum atomic E-state index is 12.0. The van der Waals surface area contributed by atoms with Crippen LogP contribution in [0, 0.1) is 11.8 Å². The highest BCUT2D eigenvalue weighted by Gasteiger charge is 2.22. The molecule has 0 aromatic rings. The summed E-state index contributed by atoms with van der Waals surface area (Å²) >= 11 is 0. The van der Waals surface area contributed by atoms with Gasteiger partial charge in [-0.1, -0.05) is 13.8 Å². The number of hydrogen-bond acceptors (Lipinski definition) is 3. The fourth-order valence-electron chi connectivity index (χ4n) is 2.08. The van der Waals surface area contributed by atoms with Crippen molar-refractivity contribution in [3.8, 4) is 0 Å². The summed E-state index contributed by atoms with van der Waals surface area (Å²) in [4.78, 5) is 0. The van der Waals surface area contributed by atoms with Crippen molar-refractivity contribution < 1.29 is 8.42 Å². The van der Waals surface area contributed by atoms with E-state index in [0.29, 0.717) is 18.4 Å². The quantitative estimate of drug-likeness (QED) is 0.785. The Bertz CT molecular complexity index is 308. The maximum absolute atomic E-state index is 12.0. The lowest BCUT2D eigenvalue weighted by atomic mass is 9.98. The minimum atomic E-state index is -3.04. The van der Waals surface area contributed by atoms with Crippen LogP contribution in [0.1, 0.15) is 33.1 Å². The fourth-order valence-corrected chi connectivity index (χ4v) is 3.60. The Morgan fingerprint density at radius 1 is 1.29 bits per heavy atom. The van der Waals surface area contributed by atoms with Crippen molar-refractivity contribution in [2.75, 3.05) is 32.4 Å². The molecule has 0 aliphatic carbocycles. The topological polar surface area (TPSA) is 49.4 Å². The van der Waals surface area contributed by atoms with Crippen molar-refractivity contribution in [1.82, 2.24) is 9.62 Å². The number of nitrogens with zero attached hydrogens (tertiary/aromatic N) is 1. The zero-order valence-corrected chi connectivity index (χ0v) is 12.1. The van der Waals surface area contributed by atoms with Gasteiger partial charge in [-0.05, 0) is 44.2 Å². The number of nitrogens with one attached hydrogen (secondary N) is 1. The van der Waals surface area contributed by atoms with E-state index in [1.165, 1.54) is 0 Å². The summed E-state index contributed by atoms with van der Waals surface area (Å²) < 4.78 is 25.6. The standard InChI is InChI=1S/C12H26N2O2S/c1-11(2)6-9-17(15,16)14(3)10-12-4-7-13-8-5-12/h11-13H,4-10H2,1-3H3. The Kier molecular flexibility index (Phi) is 5.89. The second-order valence-electron chi connectivity index (χ2n) is 5.47. The first-order valence-corrected chi connectivity index (χ1v) is 8.17. The Morgan fingerprint density at radius 3 is 2.41 bits per heavy atom. The van der Waals surface area contributed by atoms with E-state index in [2.05, 4.69) is 19.2 Å². The Balaban J connectivity index is 2.41. The molecule has 0 unspecified atom stereocenters. The van der Waals surface area contributed by atoms with Crippen LogP contribution < -0.4 is 5.32 Å². The van der Waals surface area contributed by atoms with Gasteiger partial charge in [-0.15, -0.1) is 0 Å². The first-order chi connectivity index (χ1) is 7.92. The van der Waals surface area contributed by atoms with Gasteiger partial charge in [0.25, 0.3) is 0 Å². The highest BCUT2D eigenvalue weighted by Crippen LogP contribution is 2.15. The third kappa shape index (κ3) is 5.36. The first-order valence-electron chi connectivity index (χ1n) is 6.56. The van der Waals surface area contributed by atoms with Crippen LogP contribution in [0.5, 0.6) is 0 Å². The Hall–Kier alpha value is -0.130. The van der Waals surface area contributed by atoms with E-state index >= 15 is 0 Å². The molecule has 1 saturated heterocycles. The van der Waals surface area contributed by atoms with Crippen molar-refractivity contribution in [1.29, 1.82) is 0 Å². The fraction of sp³-hybridized carbons (Fsp3) is 1.00.